The molecule has 2 N–H and O–H groups in total. The van der Waals surface area contributed by atoms with E-state index in [1.807, 2.05) is 12.1 Å². The van der Waals surface area contributed by atoms with Gasteiger partial charge in [-0.25, -0.2) is 14.4 Å². The maximum absolute atomic E-state index is 13.5. The van der Waals surface area contributed by atoms with Crippen LogP contribution < -0.4 is 20.1 Å². The first-order valence-corrected chi connectivity index (χ1v) is 12.5. The molecule has 3 aromatic rings. The summed E-state index contributed by atoms with van der Waals surface area (Å²) in [5, 5.41) is 6.94. The van der Waals surface area contributed by atoms with Crippen LogP contribution in [0.5, 0.6) is 11.5 Å². The molecule has 0 bridgehead atoms. The number of carbonyl (C=O) groups excluding carboxylic acids is 1. The highest BCUT2D eigenvalue weighted by Crippen LogP contribution is 2.38. The maximum Gasteiger partial charge on any atom is 0.220 e. The van der Waals surface area contributed by atoms with Gasteiger partial charge in [-0.3, -0.25) is 4.79 Å². The number of likely N-dealkylation sites (tertiary alicyclic amines) is 1. The third-order valence-corrected chi connectivity index (χ3v) is 7.38. The van der Waals surface area contributed by atoms with E-state index in [2.05, 4.69) is 25.5 Å². The molecule has 36 heavy (non-hydrogen) atoms. The Morgan fingerprint density at radius 1 is 1.19 bits per heavy atom. The Labute approximate surface area is 214 Å². The highest BCUT2D eigenvalue weighted by atomic mass is 35.5. The molecule has 1 amide bonds. The molecule has 190 valence electrons. The number of ether oxygens (including phenoxy) is 2. The highest BCUT2D eigenvalue weighted by molar-refractivity contribution is 6.31. The number of rotatable bonds is 8. The maximum atomic E-state index is 13.5. The fourth-order valence-electron chi connectivity index (χ4n) is 4.97. The second-order valence-corrected chi connectivity index (χ2v) is 9.90. The average molecular weight is 514 g/mol. The minimum atomic E-state index is -0.482. The van der Waals surface area contributed by atoms with Crippen molar-refractivity contribution >= 4 is 39.9 Å². The molecule has 5 rings (SSSR count). The van der Waals surface area contributed by atoms with Gasteiger partial charge in [-0.05, 0) is 62.0 Å². The number of amides is 1. The van der Waals surface area contributed by atoms with Crippen molar-refractivity contribution in [2.45, 2.75) is 25.7 Å². The van der Waals surface area contributed by atoms with Gasteiger partial charge in [0.05, 0.1) is 24.3 Å². The van der Waals surface area contributed by atoms with E-state index in [0.29, 0.717) is 41.5 Å². The summed E-state index contributed by atoms with van der Waals surface area (Å²) in [5.41, 5.74) is 1.46. The van der Waals surface area contributed by atoms with E-state index < -0.39 is 5.82 Å². The van der Waals surface area contributed by atoms with E-state index in [1.54, 1.807) is 13.2 Å². The number of hydrogen-bond donors (Lipinski definition) is 2. The van der Waals surface area contributed by atoms with Crippen LogP contribution in [0.4, 0.5) is 15.9 Å². The smallest absolute Gasteiger partial charge is 0.220 e. The van der Waals surface area contributed by atoms with Gasteiger partial charge in [0, 0.05) is 36.7 Å². The molecule has 3 heterocycles. The molecule has 0 aliphatic carbocycles. The molecule has 2 saturated heterocycles. The van der Waals surface area contributed by atoms with Crippen LogP contribution in [0.3, 0.4) is 0 Å². The molecule has 0 radical (unpaired) electrons. The molecule has 1 aromatic heterocycles. The normalized spacial score (nSPS) is 17.4. The third-order valence-electron chi connectivity index (χ3n) is 7.09. The average Bonchev–Trinajstić information content (AvgIpc) is 3.24. The lowest BCUT2D eigenvalue weighted by Gasteiger charge is -2.38. The van der Waals surface area contributed by atoms with Crippen LogP contribution in [0.2, 0.25) is 5.02 Å². The molecule has 8 nitrogen and oxygen atoms in total. The van der Waals surface area contributed by atoms with Crippen LogP contribution in [0.15, 0.2) is 36.7 Å². The molecular weight excluding hydrogens is 485 g/mol. The number of fused-ring (bicyclic) bond motifs is 1. The number of halogens is 2. The van der Waals surface area contributed by atoms with E-state index >= 15 is 0 Å². The van der Waals surface area contributed by atoms with Crippen LogP contribution >= 0.6 is 11.6 Å². The summed E-state index contributed by atoms with van der Waals surface area (Å²) >= 11 is 5.92. The zero-order valence-corrected chi connectivity index (χ0v) is 20.9. The first kappa shape index (κ1) is 24.5. The molecule has 0 unspecified atom stereocenters. The summed E-state index contributed by atoms with van der Waals surface area (Å²) < 4.78 is 25.2. The van der Waals surface area contributed by atoms with Gasteiger partial charge in [0.25, 0.3) is 0 Å². The first-order chi connectivity index (χ1) is 17.4. The number of methoxy groups -OCH3 is 1. The van der Waals surface area contributed by atoms with E-state index in [-0.39, 0.29) is 16.3 Å². The molecule has 1 spiro atoms. The van der Waals surface area contributed by atoms with E-state index in [0.717, 1.165) is 50.8 Å². The zero-order valence-electron chi connectivity index (χ0n) is 20.2. The van der Waals surface area contributed by atoms with Crippen molar-refractivity contribution in [3.63, 3.8) is 0 Å². The molecule has 2 aliphatic rings. The summed E-state index contributed by atoms with van der Waals surface area (Å²) in [6.07, 6.45) is 5.10. The minimum absolute atomic E-state index is 0.0290. The van der Waals surface area contributed by atoms with Crippen LogP contribution in [0.1, 0.15) is 25.7 Å². The van der Waals surface area contributed by atoms with Crippen molar-refractivity contribution in [2.75, 3.05) is 45.2 Å². The van der Waals surface area contributed by atoms with Gasteiger partial charge in [-0.2, -0.15) is 0 Å². The van der Waals surface area contributed by atoms with Crippen molar-refractivity contribution in [3.8, 4) is 11.5 Å². The Bertz CT molecular complexity index is 1270. The highest BCUT2D eigenvalue weighted by Gasteiger charge is 2.40. The molecule has 2 fully saturated rings. The number of aromatic nitrogens is 2. The monoisotopic (exact) mass is 513 g/mol. The van der Waals surface area contributed by atoms with Crippen LogP contribution in [-0.2, 0) is 4.79 Å². The van der Waals surface area contributed by atoms with Crippen molar-refractivity contribution in [2.24, 2.45) is 5.41 Å². The molecule has 0 saturated carbocycles. The van der Waals surface area contributed by atoms with Crippen molar-refractivity contribution in [1.82, 2.24) is 20.2 Å². The Morgan fingerprint density at radius 3 is 2.75 bits per heavy atom. The lowest BCUT2D eigenvalue weighted by Crippen LogP contribution is -2.41. The van der Waals surface area contributed by atoms with E-state index in [4.69, 9.17) is 21.1 Å². The standard InChI is InChI=1S/C26H29ClFN5O3/c1-35-22-13-21-18(25(31-16-30-21)32-17-3-4-20(28)19(27)11-17)12-23(22)36-10-2-7-33-8-5-26(6-9-33)14-24(34)29-15-26/h3-4,11-13,16H,2,5-10,14-15H2,1H3,(H,29,34)(H,30,31,32). The lowest BCUT2D eigenvalue weighted by molar-refractivity contribution is -0.119. The summed E-state index contributed by atoms with van der Waals surface area (Å²) in [6, 6.07) is 8.08. The van der Waals surface area contributed by atoms with E-state index in [1.165, 1.54) is 18.5 Å². The molecule has 0 atom stereocenters. The number of nitrogens with zero attached hydrogens (tertiary/aromatic N) is 3. The minimum Gasteiger partial charge on any atom is -0.493 e. The SMILES string of the molecule is COc1cc2ncnc(Nc3ccc(F)c(Cl)c3)c2cc1OCCCN1CCC2(CC1)CNC(=O)C2. The summed E-state index contributed by atoms with van der Waals surface area (Å²) in [4.78, 5) is 22.8. The van der Waals surface area contributed by atoms with Crippen molar-refractivity contribution in [1.29, 1.82) is 0 Å². The molecule has 10 heteroatoms. The van der Waals surface area contributed by atoms with Gasteiger partial charge in [0.15, 0.2) is 11.5 Å². The van der Waals surface area contributed by atoms with Crippen molar-refractivity contribution < 1.29 is 18.7 Å². The van der Waals surface area contributed by atoms with Gasteiger partial charge in [0.2, 0.25) is 5.91 Å². The van der Waals surface area contributed by atoms with Crippen molar-refractivity contribution in [3.05, 3.63) is 47.5 Å². The topological polar surface area (TPSA) is 88.6 Å². The van der Waals surface area contributed by atoms with Gasteiger partial charge >= 0.3 is 0 Å². The zero-order chi connectivity index (χ0) is 25.1. The molecular formula is C26H29ClFN5O3. The predicted octanol–water partition coefficient (Wildman–Crippen LogP) is 4.55. The molecule has 2 aromatic carbocycles. The number of nitrogens with one attached hydrogen (secondary N) is 2. The van der Waals surface area contributed by atoms with Gasteiger partial charge < -0.3 is 25.0 Å². The summed E-state index contributed by atoms with van der Waals surface area (Å²) in [6.45, 7) is 4.31. The Morgan fingerprint density at radius 2 is 2.03 bits per heavy atom. The third kappa shape index (κ3) is 5.32. The fourth-order valence-corrected chi connectivity index (χ4v) is 5.15. The number of hydrogen-bond acceptors (Lipinski definition) is 7. The van der Waals surface area contributed by atoms with Gasteiger partial charge in [-0.15, -0.1) is 0 Å². The second-order valence-electron chi connectivity index (χ2n) is 9.49. The Balaban J connectivity index is 1.22. The summed E-state index contributed by atoms with van der Waals surface area (Å²) in [7, 11) is 1.60. The van der Waals surface area contributed by atoms with Crippen LogP contribution in [0.25, 0.3) is 10.9 Å². The number of benzene rings is 2. The number of anilines is 2. The summed E-state index contributed by atoms with van der Waals surface area (Å²) in [5.74, 6) is 1.46. The second kappa shape index (κ2) is 10.4. The number of carbonyl (C=O) groups is 1. The van der Waals surface area contributed by atoms with Crippen LogP contribution in [0, 0.1) is 11.2 Å². The molecule has 2 aliphatic heterocycles. The largest absolute Gasteiger partial charge is 0.493 e. The Kier molecular flexibility index (Phi) is 7.11. The Hall–Kier alpha value is -3.17. The number of piperidine rings is 1. The van der Waals surface area contributed by atoms with Gasteiger partial charge in [-0.1, -0.05) is 11.6 Å². The fraction of sp³-hybridized carbons (Fsp3) is 0.423. The lowest BCUT2D eigenvalue weighted by atomic mass is 9.77. The predicted molar refractivity (Wildman–Crippen MR) is 137 cm³/mol. The van der Waals surface area contributed by atoms with Crippen LogP contribution in [-0.4, -0.2) is 60.7 Å². The van der Waals surface area contributed by atoms with Gasteiger partial charge in [0.1, 0.15) is 18.0 Å². The van der Waals surface area contributed by atoms with E-state index in [9.17, 15) is 9.18 Å². The quantitative estimate of drug-likeness (QED) is 0.427. The first-order valence-electron chi connectivity index (χ1n) is 12.1.